The Hall–Kier alpha value is -3.66. The van der Waals surface area contributed by atoms with E-state index in [-0.39, 0.29) is 23.6 Å². The molecule has 0 bridgehead atoms. The Morgan fingerprint density at radius 1 is 1.15 bits per heavy atom. The van der Waals surface area contributed by atoms with Crippen LogP contribution in [0.5, 0.6) is 23.0 Å². The molecule has 140 valence electrons. The summed E-state index contributed by atoms with van der Waals surface area (Å²) in [7, 11) is 4.49. The summed E-state index contributed by atoms with van der Waals surface area (Å²) in [5.41, 5.74) is 0.891. The fraction of sp³-hybridized carbons (Fsp3) is 0.200. The zero-order chi connectivity index (χ0) is 19.8. The second-order valence-electron chi connectivity index (χ2n) is 5.43. The number of phenolic OH excluding ortho intramolecular Hbond substituents is 1. The molecule has 0 aromatic heterocycles. The largest absolute Gasteiger partial charge is 0.504 e. The van der Waals surface area contributed by atoms with E-state index in [9.17, 15) is 15.2 Å². The molecule has 0 radical (unpaired) electrons. The van der Waals surface area contributed by atoms with Crippen molar-refractivity contribution in [3.63, 3.8) is 0 Å². The molecule has 0 aliphatic carbocycles. The van der Waals surface area contributed by atoms with Gasteiger partial charge in [0.05, 0.1) is 21.3 Å². The SMILES string of the molecule is COc1ccc(CNC(=O)/C(C#N)=C/c2cccc(OC)c2O)c(OC)c1. The van der Waals surface area contributed by atoms with Crippen molar-refractivity contribution in [2.24, 2.45) is 0 Å². The molecule has 0 spiro atoms. The molecule has 0 aliphatic rings. The first-order valence-electron chi connectivity index (χ1n) is 8.00. The van der Waals surface area contributed by atoms with E-state index < -0.39 is 5.91 Å². The van der Waals surface area contributed by atoms with Crippen molar-refractivity contribution >= 4 is 12.0 Å². The second-order valence-corrected chi connectivity index (χ2v) is 5.43. The standard InChI is InChI=1S/C20H20N2O5/c1-25-16-8-7-14(18(10-16)27-3)12-22-20(24)15(11-21)9-13-5-4-6-17(26-2)19(13)23/h4-10,23H,12H2,1-3H3,(H,22,24)/b15-9+. The summed E-state index contributed by atoms with van der Waals surface area (Å²) < 4.78 is 15.4. The lowest BCUT2D eigenvalue weighted by Gasteiger charge is -2.11. The lowest BCUT2D eigenvalue weighted by Crippen LogP contribution is -2.24. The molecule has 2 N–H and O–H groups in total. The number of amides is 1. The molecule has 0 atom stereocenters. The molecule has 0 unspecified atom stereocenters. The summed E-state index contributed by atoms with van der Waals surface area (Å²) >= 11 is 0. The monoisotopic (exact) mass is 368 g/mol. The van der Waals surface area contributed by atoms with Crippen LogP contribution in [-0.2, 0) is 11.3 Å². The van der Waals surface area contributed by atoms with E-state index in [0.29, 0.717) is 17.1 Å². The maximum Gasteiger partial charge on any atom is 0.262 e. The predicted molar refractivity (Wildman–Crippen MR) is 99.6 cm³/mol. The molecule has 27 heavy (non-hydrogen) atoms. The van der Waals surface area contributed by atoms with E-state index in [2.05, 4.69) is 5.32 Å². The number of methoxy groups -OCH3 is 3. The molecular formula is C20H20N2O5. The van der Waals surface area contributed by atoms with Gasteiger partial charge in [-0.25, -0.2) is 0 Å². The number of carbonyl (C=O) groups excluding carboxylic acids is 1. The van der Waals surface area contributed by atoms with Gasteiger partial charge in [-0.15, -0.1) is 0 Å². The van der Waals surface area contributed by atoms with Crippen molar-refractivity contribution in [1.82, 2.24) is 5.32 Å². The topological polar surface area (TPSA) is 101 Å². The van der Waals surface area contributed by atoms with Crippen LogP contribution in [0, 0.1) is 11.3 Å². The van der Waals surface area contributed by atoms with E-state index in [1.54, 1.807) is 43.5 Å². The molecular weight excluding hydrogens is 348 g/mol. The first-order chi connectivity index (χ1) is 13.0. The molecule has 1 amide bonds. The van der Waals surface area contributed by atoms with Crippen LogP contribution in [-0.4, -0.2) is 32.3 Å². The van der Waals surface area contributed by atoms with Crippen LogP contribution in [0.1, 0.15) is 11.1 Å². The Morgan fingerprint density at radius 3 is 2.52 bits per heavy atom. The Kier molecular flexibility index (Phi) is 6.67. The van der Waals surface area contributed by atoms with Gasteiger partial charge in [-0.1, -0.05) is 12.1 Å². The average Bonchev–Trinajstić information content (AvgIpc) is 2.71. The second kappa shape index (κ2) is 9.15. The first kappa shape index (κ1) is 19.7. The van der Waals surface area contributed by atoms with Crippen molar-refractivity contribution in [1.29, 1.82) is 5.26 Å². The van der Waals surface area contributed by atoms with Crippen LogP contribution in [0.4, 0.5) is 0 Å². The number of carbonyl (C=O) groups is 1. The number of rotatable bonds is 7. The number of nitrogens with one attached hydrogen (secondary N) is 1. The molecule has 2 aromatic carbocycles. The van der Waals surface area contributed by atoms with Crippen LogP contribution >= 0.6 is 0 Å². The highest BCUT2D eigenvalue weighted by Crippen LogP contribution is 2.31. The molecule has 0 fully saturated rings. The van der Waals surface area contributed by atoms with Crippen LogP contribution in [0.25, 0.3) is 6.08 Å². The van der Waals surface area contributed by atoms with Gasteiger partial charge in [-0.05, 0) is 24.3 Å². The summed E-state index contributed by atoms with van der Waals surface area (Å²) in [4.78, 5) is 12.4. The number of ether oxygens (including phenoxy) is 3. The first-order valence-corrected chi connectivity index (χ1v) is 8.00. The van der Waals surface area contributed by atoms with E-state index in [1.807, 2.05) is 6.07 Å². The van der Waals surface area contributed by atoms with Crippen molar-refractivity contribution < 1.29 is 24.1 Å². The van der Waals surface area contributed by atoms with Gasteiger partial charge < -0.3 is 24.6 Å². The predicted octanol–water partition coefficient (Wildman–Crippen LogP) is 2.64. The molecule has 0 aliphatic heterocycles. The molecule has 2 aromatic rings. The molecule has 0 saturated heterocycles. The summed E-state index contributed by atoms with van der Waals surface area (Å²) in [6, 6.07) is 11.9. The molecule has 7 heteroatoms. The van der Waals surface area contributed by atoms with Gasteiger partial charge >= 0.3 is 0 Å². The average molecular weight is 368 g/mol. The van der Waals surface area contributed by atoms with Gasteiger partial charge in [0.25, 0.3) is 5.91 Å². The quantitative estimate of drug-likeness (QED) is 0.576. The zero-order valence-corrected chi connectivity index (χ0v) is 15.3. The van der Waals surface area contributed by atoms with E-state index in [4.69, 9.17) is 14.2 Å². The molecule has 0 heterocycles. The van der Waals surface area contributed by atoms with Crippen LogP contribution in [0.15, 0.2) is 42.0 Å². The van der Waals surface area contributed by atoms with Crippen LogP contribution in [0.2, 0.25) is 0 Å². The van der Waals surface area contributed by atoms with Crippen molar-refractivity contribution in [2.75, 3.05) is 21.3 Å². The number of aromatic hydroxyl groups is 1. The van der Waals surface area contributed by atoms with Crippen LogP contribution in [0.3, 0.4) is 0 Å². The zero-order valence-electron chi connectivity index (χ0n) is 15.3. The van der Waals surface area contributed by atoms with Crippen molar-refractivity contribution in [3.8, 4) is 29.1 Å². The third-order valence-electron chi connectivity index (χ3n) is 3.85. The smallest absolute Gasteiger partial charge is 0.262 e. The Labute approximate surface area is 157 Å². The normalized spacial score (nSPS) is 10.7. The summed E-state index contributed by atoms with van der Waals surface area (Å²) in [6.07, 6.45) is 1.30. The van der Waals surface area contributed by atoms with E-state index in [0.717, 1.165) is 5.56 Å². The van der Waals surface area contributed by atoms with Gasteiger partial charge in [-0.3, -0.25) is 4.79 Å². The minimum atomic E-state index is -0.572. The molecule has 2 rings (SSSR count). The minimum absolute atomic E-state index is 0.141. The van der Waals surface area contributed by atoms with Gasteiger partial charge in [0.1, 0.15) is 23.1 Å². The fourth-order valence-corrected chi connectivity index (χ4v) is 2.39. The third-order valence-corrected chi connectivity index (χ3v) is 3.85. The lowest BCUT2D eigenvalue weighted by atomic mass is 10.1. The minimum Gasteiger partial charge on any atom is -0.504 e. The molecule has 7 nitrogen and oxygen atoms in total. The van der Waals surface area contributed by atoms with Crippen molar-refractivity contribution in [3.05, 3.63) is 53.1 Å². The number of para-hydroxylation sites is 1. The maximum atomic E-state index is 12.4. The third kappa shape index (κ3) is 4.70. The highest BCUT2D eigenvalue weighted by molar-refractivity contribution is 6.02. The highest BCUT2D eigenvalue weighted by Gasteiger charge is 2.13. The summed E-state index contributed by atoms with van der Waals surface area (Å²) in [6.45, 7) is 0.162. The number of hydrogen-bond donors (Lipinski definition) is 2. The molecule has 0 saturated carbocycles. The number of nitriles is 1. The number of phenols is 1. The van der Waals surface area contributed by atoms with E-state index in [1.165, 1.54) is 20.3 Å². The van der Waals surface area contributed by atoms with E-state index >= 15 is 0 Å². The summed E-state index contributed by atoms with van der Waals surface area (Å²) in [5.74, 6) is 0.731. The fourth-order valence-electron chi connectivity index (χ4n) is 2.39. The Morgan fingerprint density at radius 2 is 1.89 bits per heavy atom. The summed E-state index contributed by atoms with van der Waals surface area (Å²) in [5, 5.41) is 22.1. The number of nitrogens with zero attached hydrogens (tertiary/aromatic N) is 1. The van der Waals surface area contributed by atoms with Crippen molar-refractivity contribution in [2.45, 2.75) is 6.54 Å². The van der Waals surface area contributed by atoms with Gasteiger partial charge in [-0.2, -0.15) is 5.26 Å². The van der Waals surface area contributed by atoms with Crippen LogP contribution < -0.4 is 19.5 Å². The Balaban J connectivity index is 2.18. The number of hydrogen-bond acceptors (Lipinski definition) is 6. The van der Waals surface area contributed by atoms with Gasteiger partial charge in [0.2, 0.25) is 0 Å². The number of benzene rings is 2. The Bertz CT molecular complexity index is 900. The van der Waals surface area contributed by atoms with Gasteiger partial charge in [0, 0.05) is 23.7 Å². The van der Waals surface area contributed by atoms with Gasteiger partial charge in [0.15, 0.2) is 11.5 Å². The maximum absolute atomic E-state index is 12.4. The highest BCUT2D eigenvalue weighted by atomic mass is 16.5. The lowest BCUT2D eigenvalue weighted by molar-refractivity contribution is -0.117.